The van der Waals surface area contributed by atoms with Crippen molar-refractivity contribution in [1.82, 2.24) is 4.98 Å². The first-order chi connectivity index (χ1) is 6.55. The van der Waals surface area contributed by atoms with E-state index in [0.29, 0.717) is 16.7 Å². The van der Waals surface area contributed by atoms with E-state index in [9.17, 15) is 0 Å². The molecule has 14 heavy (non-hydrogen) atoms. The maximum Gasteiger partial charge on any atom is 0.144 e. The van der Waals surface area contributed by atoms with Gasteiger partial charge in [-0.15, -0.1) is 11.6 Å². The first-order valence-electron chi connectivity index (χ1n) is 4.45. The monoisotopic (exact) mass is 232 g/mol. The molecule has 1 aromatic rings. The number of aromatic nitrogens is 1. The van der Waals surface area contributed by atoms with Crippen LogP contribution in [0, 0.1) is 5.41 Å². The quantitative estimate of drug-likeness (QED) is 0.806. The van der Waals surface area contributed by atoms with Crippen LogP contribution >= 0.6 is 23.2 Å². The van der Waals surface area contributed by atoms with Gasteiger partial charge in [0.2, 0.25) is 0 Å². The predicted molar refractivity (Wildman–Crippen MR) is 62.2 cm³/mol. The highest BCUT2D eigenvalue weighted by atomic mass is 35.5. The topological polar surface area (TPSA) is 24.9 Å². The minimum absolute atomic E-state index is 0.0441. The molecule has 0 saturated carbocycles. The van der Waals surface area contributed by atoms with Gasteiger partial charge in [0.1, 0.15) is 5.82 Å². The van der Waals surface area contributed by atoms with Crippen LogP contribution in [-0.2, 0) is 0 Å². The summed E-state index contributed by atoms with van der Waals surface area (Å²) in [6, 6.07) is 3.62. The Morgan fingerprint density at radius 1 is 1.50 bits per heavy atom. The second-order valence-electron chi connectivity index (χ2n) is 3.99. The van der Waals surface area contributed by atoms with Gasteiger partial charge in [0.25, 0.3) is 0 Å². The molecule has 2 nitrogen and oxygen atoms in total. The van der Waals surface area contributed by atoms with Crippen molar-refractivity contribution in [3.63, 3.8) is 0 Å². The molecule has 1 rings (SSSR count). The van der Waals surface area contributed by atoms with Crippen LogP contribution in [0.1, 0.15) is 13.8 Å². The van der Waals surface area contributed by atoms with Gasteiger partial charge >= 0.3 is 0 Å². The Kier molecular flexibility index (Phi) is 4.02. The van der Waals surface area contributed by atoms with Gasteiger partial charge in [0.15, 0.2) is 0 Å². The molecule has 1 aromatic heterocycles. The lowest BCUT2D eigenvalue weighted by atomic mass is 9.97. The Balaban J connectivity index is 2.58. The number of hydrogen-bond donors (Lipinski definition) is 1. The molecule has 0 aromatic carbocycles. The van der Waals surface area contributed by atoms with Gasteiger partial charge in [-0.1, -0.05) is 25.4 Å². The summed E-state index contributed by atoms with van der Waals surface area (Å²) in [7, 11) is 0. The molecule has 78 valence electrons. The maximum absolute atomic E-state index is 5.94. The molecular formula is C10H14Cl2N2. The minimum Gasteiger partial charge on any atom is -0.368 e. The molecule has 0 aliphatic carbocycles. The summed E-state index contributed by atoms with van der Waals surface area (Å²) in [5.74, 6) is 1.32. The molecule has 0 amide bonds. The van der Waals surface area contributed by atoms with E-state index in [1.165, 1.54) is 0 Å². The number of hydrogen-bond acceptors (Lipinski definition) is 2. The molecule has 0 radical (unpaired) electrons. The van der Waals surface area contributed by atoms with Crippen LogP contribution in [0.25, 0.3) is 0 Å². The molecule has 0 unspecified atom stereocenters. The van der Waals surface area contributed by atoms with Gasteiger partial charge in [0.05, 0.1) is 5.02 Å². The molecule has 1 N–H and O–H groups in total. The van der Waals surface area contributed by atoms with E-state index < -0.39 is 0 Å². The van der Waals surface area contributed by atoms with Crippen LogP contribution in [0.15, 0.2) is 18.3 Å². The fraction of sp³-hybridized carbons (Fsp3) is 0.500. The Bertz CT molecular complexity index is 300. The fourth-order valence-electron chi connectivity index (χ4n) is 0.886. The largest absolute Gasteiger partial charge is 0.368 e. The SMILES string of the molecule is CC(C)(CCl)CNc1ncccc1Cl. The first-order valence-corrected chi connectivity index (χ1v) is 5.37. The zero-order valence-electron chi connectivity index (χ0n) is 8.35. The van der Waals surface area contributed by atoms with Crippen LogP contribution in [0.2, 0.25) is 5.02 Å². The third-order valence-corrected chi connectivity index (χ3v) is 2.88. The third kappa shape index (κ3) is 3.35. The molecule has 0 aliphatic heterocycles. The molecule has 0 aliphatic rings. The van der Waals surface area contributed by atoms with E-state index in [0.717, 1.165) is 6.54 Å². The zero-order chi connectivity index (χ0) is 10.6. The first kappa shape index (κ1) is 11.6. The van der Waals surface area contributed by atoms with Crippen molar-refractivity contribution in [3.05, 3.63) is 23.4 Å². The lowest BCUT2D eigenvalue weighted by Gasteiger charge is -2.22. The van der Waals surface area contributed by atoms with E-state index in [1.807, 2.05) is 6.07 Å². The second kappa shape index (κ2) is 4.85. The summed E-state index contributed by atoms with van der Waals surface area (Å²) in [6.45, 7) is 4.93. The molecule has 0 spiro atoms. The number of nitrogens with zero attached hydrogens (tertiary/aromatic N) is 1. The standard InChI is InChI=1S/C10H14Cl2N2/c1-10(2,6-11)7-14-9-8(12)4-3-5-13-9/h3-5H,6-7H2,1-2H3,(H,13,14). The van der Waals surface area contributed by atoms with Crippen LogP contribution in [0.4, 0.5) is 5.82 Å². The van der Waals surface area contributed by atoms with E-state index in [2.05, 4.69) is 24.1 Å². The highest BCUT2D eigenvalue weighted by Crippen LogP contribution is 2.21. The van der Waals surface area contributed by atoms with Crippen molar-refractivity contribution in [3.8, 4) is 0 Å². The lowest BCUT2D eigenvalue weighted by molar-refractivity contribution is 0.449. The zero-order valence-corrected chi connectivity index (χ0v) is 9.86. The van der Waals surface area contributed by atoms with E-state index in [1.54, 1.807) is 12.3 Å². The van der Waals surface area contributed by atoms with Gasteiger partial charge in [-0.3, -0.25) is 0 Å². The number of nitrogens with one attached hydrogen (secondary N) is 1. The average molecular weight is 233 g/mol. The predicted octanol–water partition coefficient (Wildman–Crippen LogP) is 3.41. The Morgan fingerprint density at radius 3 is 2.79 bits per heavy atom. The fourth-order valence-corrected chi connectivity index (χ4v) is 1.17. The number of anilines is 1. The summed E-state index contributed by atoms with van der Waals surface area (Å²) in [4.78, 5) is 4.13. The molecular weight excluding hydrogens is 219 g/mol. The van der Waals surface area contributed by atoms with Crippen molar-refractivity contribution in [1.29, 1.82) is 0 Å². The smallest absolute Gasteiger partial charge is 0.144 e. The highest BCUT2D eigenvalue weighted by molar-refractivity contribution is 6.32. The van der Waals surface area contributed by atoms with Crippen molar-refractivity contribution < 1.29 is 0 Å². The van der Waals surface area contributed by atoms with E-state index in [-0.39, 0.29) is 5.41 Å². The number of pyridine rings is 1. The summed E-state index contributed by atoms with van der Waals surface area (Å²) >= 11 is 11.7. The second-order valence-corrected chi connectivity index (χ2v) is 4.66. The van der Waals surface area contributed by atoms with E-state index >= 15 is 0 Å². The van der Waals surface area contributed by atoms with Gasteiger partial charge in [-0.2, -0.15) is 0 Å². The Morgan fingerprint density at radius 2 is 2.21 bits per heavy atom. The molecule has 1 heterocycles. The van der Waals surface area contributed by atoms with Gasteiger partial charge in [-0.25, -0.2) is 4.98 Å². The summed E-state index contributed by atoms with van der Waals surface area (Å²) in [5.41, 5.74) is 0.0441. The molecule has 0 bridgehead atoms. The lowest BCUT2D eigenvalue weighted by Crippen LogP contribution is -2.25. The summed E-state index contributed by atoms with van der Waals surface area (Å²) < 4.78 is 0. The molecule has 0 saturated heterocycles. The highest BCUT2D eigenvalue weighted by Gasteiger charge is 2.16. The molecule has 0 fully saturated rings. The number of rotatable bonds is 4. The summed E-state index contributed by atoms with van der Waals surface area (Å²) in [5, 5.41) is 3.81. The van der Waals surface area contributed by atoms with Crippen LogP contribution in [0.5, 0.6) is 0 Å². The van der Waals surface area contributed by atoms with Crippen molar-refractivity contribution in [2.24, 2.45) is 5.41 Å². The average Bonchev–Trinajstić information content (AvgIpc) is 2.17. The minimum atomic E-state index is 0.0441. The van der Waals surface area contributed by atoms with Crippen LogP contribution in [-0.4, -0.2) is 17.4 Å². The van der Waals surface area contributed by atoms with Crippen molar-refractivity contribution in [2.45, 2.75) is 13.8 Å². The number of alkyl halides is 1. The van der Waals surface area contributed by atoms with Crippen LogP contribution < -0.4 is 5.32 Å². The Hall–Kier alpha value is -0.470. The van der Waals surface area contributed by atoms with Crippen LogP contribution in [0.3, 0.4) is 0 Å². The van der Waals surface area contributed by atoms with Gasteiger partial charge in [-0.05, 0) is 17.5 Å². The van der Waals surface area contributed by atoms with Crippen molar-refractivity contribution >= 4 is 29.0 Å². The number of halogens is 2. The molecule has 4 heteroatoms. The maximum atomic E-state index is 5.94. The van der Waals surface area contributed by atoms with E-state index in [4.69, 9.17) is 23.2 Å². The van der Waals surface area contributed by atoms with Gasteiger partial charge < -0.3 is 5.32 Å². The normalized spacial score (nSPS) is 11.4. The molecule has 0 atom stereocenters. The summed E-state index contributed by atoms with van der Waals surface area (Å²) in [6.07, 6.45) is 1.71. The van der Waals surface area contributed by atoms with Gasteiger partial charge in [0, 0.05) is 18.6 Å². The Labute approximate surface area is 94.6 Å². The van der Waals surface area contributed by atoms with Crippen molar-refractivity contribution in [2.75, 3.05) is 17.7 Å². The third-order valence-electron chi connectivity index (χ3n) is 1.85.